The number of nitrogens with one attached hydrogen (secondary N) is 1. The molecule has 1 amide bonds. The van der Waals surface area contributed by atoms with Gasteiger partial charge in [-0.05, 0) is 33.5 Å². The molecule has 60 heavy (non-hydrogen) atoms. The number of benzene rings is 5. The van der Waals surface area contributed by atoms with Crippen LogP contribution in [0.5, 0.6) is 0 Å². The molecule has 318 valence electrons. The number of carbonyl (C=O) groups excluding carboxylic acids is 2. The Morgan fingerprint density at radius 3 is 1.50 bits per heavy atom. The number of hydrogen-bond acceptors (Lipinski definition) is 7. The number of rotatable bonds is 19. The molecular weight excluding hydrogens is 788 g/mol. The Balaban J connectivity index is 1.66. The molecule has 5 aromatic carbocycles. The Labute approximate surface area is 352 Å². The van der Waals surface area contributed by atoms with Gasteiger partial charge in [0, 0.05) is 25.2 Å². The van der Waals surface area contributed by atoms with Crippen molar-refractivity contribution in [1.29, 1.82) is 0 Å². The summed E-state index contributed by atoms with van der Waals surface area (Å²) in [5, 5.41) is 4.19. The second-order valence-electron chi connectivity index (χ2n) is 15.7. The molecular formula is C48H54F3NO7Si. The smallest absolute Gasteiger partial charge is 0.430 e. The number of hydrogen-bond donors (Lipinski definition) is 1. The van der Waals surface area contributed by atoms with Crippen LogP contribution < -0.4 is 15.7 Å². The van der Waals surface area contributed by atoms with Gasteiger partial charge in [-0.2, -0.15) is 13.2 Å². The molecule has 0 aliphatic carbocycles. The van der Waals surface area contributed by atoms with Gasteiger partial charge >= 0.3 is 12.1 Å². The summed E-state index contributed by atoms with van der Waals surface area (Å²) in [6, 6.07) is 43.2. The minimum Gasteiger partial charge on any atom is -0.467 e. The van der Waals surface area contributed by atoms with Gasteiger partial charge in [0.25, 0.3) is 19.8 Å². The maximum Gasteiger partial charge on any atom is 0.430 e. The lowest BCUT2D eigenvalue weighted by Gasteiger charge is -2.45. The average molecular weight is 842 g/mol. The maximum atomic E-state index is 15.4. The highest BCUT2D eigenvalue weighted by Gasteiger charge is 2.63. The molecule has 0 heterocycles. The standard InChI is InChI=1S/C48H54F3NO7Si/c1-35(59-60(46(2,3)4,39-28-18-10-19-29-39)40-30-20-11-21-31-40)32-41(57-33-36-22-12-7-13-23-36)42(43(44(53)55-5)58-34-37-24-14-8-15-25-37)52-45(54)47(56-6,48(49,50)51)38-26-16-9-17-27-38/h7-31,35,41-43H,32-34H2,1-6H3,(H,52,54)/t35-,41-,42+,43-,47+/m0/s1. The number of amides is 1. The number of alkyl halides is 3. The SMILES string of the molecule is COC(=O)[C@@H](OCc1ccccc1)[C@H](NC(=O)[C@](OC)(c1ccccc1)C(F)(F)F)[C@H](C[C@H](C)O[Si](c1ccccc1)(c1ccccc1)C(C)(C)C)OCc1ccccc1. The molecule has 0 unspecified atom stereocenters. The monoisotopic (exact) mass is 841 g/mol. The zero-order chi connectivity index (χ0) is 43.4. The Kier molecular flexibility index (Phi) is 15.7. The van der Waals surface area contributed by atoms with Crippen LogP contribution in [-0.4, -0.2) is 64.9 Å². The van der Waals surface area contributed by atoms with E-state index in [-0.39, 0.29) is 19.6 Å². The largest absolute Gasteiger partial charge is 0.467 e. The van der Waals surface area contributed by atoms with Crippen molar-refractivity contribution in [3.63, 3.8) is 0 Å². The Bertz CT molecular complexity index is 2030. The minimum absolute atomic E-state index is 0.00179. The third-order valence-electron chi connectivity index (χ3n) is 10.6. The van der Waals surface area contributed by atoms with Gasteiger partial charge in [-0.3, -0.25) is 4.79 Å². The van der Waals surface area contributed by atoms with Crippen molar-refractivity contribution in [3.8, 4) is 0 Å². The quantitative estimate of drug-likeness (QED) is 0.0662. The molecule has 0 aromatic heterocycles. The van der Waals surface area contributed by atoms with Crippen molar-refractivity contribution in [2.24, 2.45) is 0 Å². The van der Waals surface area contributed by atoms with Crippen LogP contribution in [0.3, 0.4) is 0 Å². The molecule has 8 nitrogen and oxygen atoms in total. The first kappa shape index (κ1) is 46.0. The summed E-state index contributed by atoms with van der Waals surface area (Å²) in [5.41, 5.74) is -2.51. The number of methoxy groups -OCH3 is 2. The summed E-state index contributed by atoms with van der Waals surface area (Å²) in [6.45, 7) is 8.11. The zero-order valence-electron chi connectivity index (χ0n) is 34.9. The van der Waals surface area contributed by atoms with Gasteiger partial charge in [0.15, 0.2) is 6.10 Å². The predicted octanol–water partition coefficient (Wildman–Crippen LogP) is 8.27. The molecule has 5 rings (SSSR count). The molecule has 0 aliphatic heterocycles. The highest BCUT2D eigenvalue weighted by molar-refractivity contribution is 6.99. The van der Waals surface area contributed by atoms with Gasteiger partial charge in [-0.25, -0.2) is 4.79 Å². The average Bonchev–Trinajstić information content (AvgIpc) is 3.25. The van der Waals surface area contributed by atoms with E-state index in [0.717, 1.165) is 30.2 Å². The van der Waals surface area contributed by atoms with E-state index in [1.165, 1.54) is 30.3 Å². The Morgan fingerprint density at radius 2 is 1.08 bits per heavy atom. The number of ether oxygens (including phenoxy) is 4. The molecule has 1 N–H and O–H groups in total. The lowest BCUT2D eigenvalue weighted by molar-refractivity contribution is -0.266. The predicted molar refractivity (Wildman–Crippen MR) is 228 cm³/mol. The van der Waals surface area contributed by atoms with E-state index >= 15 is 13.2 Å². The van der Waals surface area contributed by atoms with Crippen LogP contribution in [0.1, 0.15) is 50.8 Å². The van der Waals surface area contributed by atoms with Gasteiger partial charge in [0.1, 0.15) is 0 Å². The van der Waals surface area contributed by atoms with E-state index in [1.807, 2.05) is 79.7 Å². The molecule has 12 heteroatoms. The van der Waals surface area contributed by atoms with Gasteiger partial charge in [0.05, 0.1) is 32.5 Å². The third kappa shape index (κ3) is 10.4. The van der Waals surface area contributed by atoms with Crippen LogP contribution in [0.25, 0.3) is 0 Å². The molecule has 0 fully saturated rings. The highest BCUT2D eigenvalue weighted by atomic mass is 28.4. The number of carbonyl (C=O) groups is 2. The topological polar surface area (TPSA) is 92.3 Å². The van der Waals surface area contributed by atoms with Crippen LogP contribution >= 0.6 is 0 Å². The van der Waals surface area contributed by atoms with E-state index < -0.39 is 66.9 Å². The second-order valence-corrected chi connectivity index (χ2v) is 19.9. The van der Waals surface area contributed by atoms with E-state index in [0.29, 0.717) is 5.56 Å². The summed E-state index contributed by atoms with van der Waals surface area (Å²) >= 11 is 0. The summed E-state index contributed by atoms with van der Waals surface area (Å²) < 4.78 is 77.0. The summed E-state index contributed by atoms with van der Waals surface area (Å²) in [7, 11) is -1.22. The van der Waals surface area contributed by atoms with Gasteiger partial charge in [0.2, 0.25) is 0 Å². The summed E-state index contributed by atoms with van der Waals surface area (Å²) in [6.07, 6.45) is -8.75. The molecule has 0 spiro atoms. The fourth-order valence-corrected chi connectivity index (χ4v) is 12.4. The van der Waals surface area contributed by atoms with Crippen molar-refractivity contribution in [2.45, 2.75) is 88.5 Å². The van der Waals surface area contributed by atoms with E-state index in [1.54, 1.807) is 24.3 Å². The third-order valence-corrected chi connectivity index (χ3v) is 15.8. The minimum atomic E-state index is -5.25. The van der Waals surface area contributed by atoms with Crippen LogP contribution in [0.15, 0.2) is 152 Å². The molecule has 0 saturated heterocycles. The van der Waals surface area contributed by atoms with E-state index in [2.05, 4.69) is 50.4 Å². The van der Waals surface area contributed by atoms with Gasteiger partial charge in [-0.15, -0.1) is 0 Å². The summed E-state index contributed by atoms with van der Waals surface area (Å²) in [5.74, 6) is -2.50. The van der Waals surface area contributed by atoms with E-state index in [4.69, 9.17) is 23.4 Å². The van der Waals surface area contributed by atoms with Crippen LogP contribution in [0, 0.1) is 0 Å². The van der Waals surface area contributed by atoms with Crippen molar-refractivity contribution in [1.82, 2.24) is 5.32 Å². The van der Waals surface area contributed by atoms with Gasteiger partial charge in [-0.1, -0.05) is 172 Å². The van der Waals surface area contributed by atoms with Crippen molar-refractivity contribution >= 4 is 30.6 Å². The molecule has 0 saturated carbocycles. The fourth-order valence-electron chi connectivity index (χ4n) is 7.70. The Hall–Kier alpha value is -5.11. The normalized spacial score (nSPS) is 15.2. The zero-order valence-corrected chi connectivity index (χ0v) is 35.9. The van der Waals surface area contributed by atoms with Crippen molar-refractivity contribution in [3.05, 3.63) is 168 Å². The molecule has 5 atom stereocenters. The molecule has 0 radical (unpaired) electrons. The maximum absolute atomic E-state index is 15.4. The second kappa shape index (κ2) is 20.4. The molecule has 0 bridgehead atoms. The molecule has 0 aliphatic rings. The first-order valence-corrected chi connectivity index (χ1v) is 21.7. The number of esters is 1. The number of halogens is 3. The Morgan fingerprint density at radius 1 is 0.650 bits per heavy atom. The fraction of sp³-hybridized carbons (Fsp3) is 0.333. The van der Waals surface area contributed by atoms with Gasteiger partial charge < -0.3 is 28.7 Å². The highest BCUT2D eigenvalue weighted by Crippen LogP contribution is 2.43. The first-order valence-electron chi connectivity index (χ1n) is 19.8. The van der Waals surface area contributed by atoms with Crippen LogP contribution in [0.4, 0.5) is 13.2 Å². The van der Waals surface area contributed by atoms with Crippen molar-refractivity contribution < 1.29 is 46.1 Å². The van der Waals surface area contributed by atoms with E-state index in [9.17, 15) is 9.59 Å². The first-order chi connectivity index (χ1) is 28.7. The summed E-state index contributed by atoms with van der Waals surface area (Å²) in [4.78, 5) is 28.5. The van der Waals surface area contributed by atoms with Crippen molar-refractivity contribution in [2.75, 3.05) is 14.2 Å². The van der Waals surface area contributed by atoms with Crippen LogP contribution in [0.2, 0.25) is 5.04 Å². The lowest BCUT2D eigenvalue weighted by Crippen LogP contribution is -2.68. The molecule has 5 aromatic rings. The van der Waals surface area contributed by atoms with Crippen LogP contribution in [-0.2, 0) is 51.8 Å². The lowest BCUT2D eigenvalue weighted by atomic mass is 9.90.